The topological polar surface area (TPSA) is 190 Å². The van der Waals surface area contributed by atoms with Gasteiger partial charge >= 0.3 is 5.97 Å². The van der Waals surface area contributed by atoms with Crippen molar-refractivity contribution in [2.75, 3.05) is 25.1 Å². The van der Waals surface area contributed by atoms with E-state index in [4.69, 9.17) is 9.47 Å². The number of aromatic carboxylic acids is 1. The number of fused-ring (bicyclic) bond motifs is 1. The number of aliphatic hydroxyl groups is 3. The zero-order valence-electron chi connectivity index (χ0n) is 16.6. The maximum Gasteiger partial charge on any atom is 0.338 e. The average molecular weight is 447 g/mol. The Hall–Kier alpha value is -3.17. The zero-order chi connectivity index (χ0) is 22.4. The fourth-order valence-corrected chi connectivity index (χ4v) is 3.79. The summed E-state index contributed by atoms with van der Waals surface area (Å²) in [7, 11) is 0. The van der Waals surface area contributed by atoms with Crippen LogP contribution >= 0.6 is 0 Å². The van der Waals surface area contributed by atoms with Crippen molar-refractivity contribution in [2.45, 2.75) is 37.0 Å². The fourth-order valence-electron chi connectivity index (χ4n) is 3.79. The zero-order valence-corrected chi connectivity index (χ0v) is 16.6. The van der Waals surface area contributed by atoms with E-state index in [1.807, 2.05) is 0 Å². The smallest absolute Gasteiger partial charge is 0.338 e. The van der Waals surface area contributed by atoms with Gasteiger partial charge in [-0.15, -0.1) is 0 Å². The molecule has 0 radical (unpaired) electrons. The number of carbonyl (C=O) groups is 1. The van der Waals surface area contributed by atoms with Crippen LogP contribution in [0.15, 0.2) is 18.7 Å². The van der Waals surface area contributed by atoms with Crippen LogP contribution in [0.3, 0.4) is 0 Å². The van der Waals surface area contributed by atoms with E-state index in [2.05, 4.69) is 25.4 Å². The SMILES string of the molecule is O=C(O)c1cnn(-c2nc(N[C@@H]3CCOC3)c3ncn([C@@H]4O[C@H](CO)[C@@H](O)[C@@H]4O)c3n2)c1. The molecule has 0 bridgehead atoms. The second-order valence-corrected chi connectivity index (χ2v) is 7.61. The first-order valence-electron chi connectivity index (χ1n) is 9.96. The molecular formula is C18H21N7O7. The van der Waals surface area contributed by atoms with Gasteiger partial charge in [0.25, 0.3) is 5.95 Å². The van der Waals surface area contributed by atoms with E-state index >= 15 is 0 Å². The van der Waals surface area contributed by atoms with Crippen LogP contribution in [0.5, 0.6) is 0 Å². The maximum absolute atomic E-state index is 11.2. The number of carboxylic acids is 1. The van der Waals surface area contributed by atoms with Crippen molar-refractivity contribution in [2.24, 2.45) is 0 Å². The van der Waals surface area contributed by atoms with Gasteiger partial charge < -0.3 is 35.2 Å². The molecule has 5 N–H and O–H groups in total. The molecule has 0 unspecified atom stereocenters. The number of imidazole rings is 1. The van der Waals surface area contributed by atoms with Gasteiger partial charge in [0.15, 0.2) is 23.2 Å². The van der Waals surface area contributed by atoms with Gasteiger partial charge in [0.2, 0.25) is 0 Å². The van der Waals surface area contributed by atoms with Crippen molar-refractivity contribution in [3.8, 4) is 5.95 Å². The number of anilines is 1. The first kappa shape index (κ1) is 20.7. The number of hydrogen-bond acceptors (Lipinski definition) is 11. The van der Waals surface area contributed by atoms with Crippen LogP contribution in [0, 0.1) is 0 Å². The Morgan fingerprint density at radius 2 is 2.12 bits per heavy atom. The Kier molecular flexibility index (Phi) is 5.22. The number of nitrogens with one attached hydrogen (secondary N) is 1. The van der Waals surface area contributed by atoms with Crippen molar-refractivity contribution >= 4 is 23.0 Å². The van der Waals surface area contributed by atoms with Gasteiger partial charge in [0.1, 0.15) is 18.3 Å². The summed E-state index contributed by atoms with van der Waals surface area (Å²) in [6, 6.07) is -0.00721. The van der Waals surface area contributed by atoms with Gasteiger partial charge in [-0.2, -0.15) is 15.1 Å². The molecule has 2 fully saturated rings. The summed E-state index contributed by atoms with van der Waals surface area (Å²) < 4.78 is 13.7. The number of hydrogen-bond donors (Lipinski definition) is 5. The third-order valence-corrected chi connectivity index (χ3v) is 5.51. The highest BCUT2D eigenvalue weighted by atomic mass is 16.6. The van der Waals surface area contributed by atoms with Crippen molar-refractivity contribution < 1.29 is 34.7 Å². The van der Waals surface area contributed by atoms with E-state index in [0.717, 1.165) is 6.42 Å². The number of nitrogens with zero attached hydrogens (tertiary/aromatic N) is 6. The van der Waals surface area contributed by atoms with Gasteiger partial charge in [-0.05, 0) is 6.42 Å². The molecular weight excluding hydrogens is 426 g/mol. The summed E-state index contributed by atoms with van der Waals surface area (Å²) >= 11 is 0. The molecule has 2 saturated heterocycles. The lowest BCUT2D eigenvalue weighted by Gasteiger charge is -2.17. The number of aromatic nitrogens is 6. The summed E-state index contributed by atoms with van der Waals surface area (Å²) in [4.78, 5) is 24.5. The Morgan fingerprint density at radius 1 is 1.28 bits per heavy atom. The van der Waals surface area contributed by atoms with Crippen molar-refractivity contribution in [1.29, 1.82) is 0 Å². The lowest BCUT2D eigenvalue weighted by Crippen LogP contribution is -2.33. The van der Waals surface area contributed by atoms with E-state index in [1.165, 1.54) is 28.0 Å². The van der Waals surface area contributed by atoms with E-state index in [1.54, 1.807) is 0 Å². The molecule has 0 spiro atoms. The van der Waals surface area contributed by atoms with Crippen molar-refractivity contribution in [3.05, 3.63) is 24.3 Å². The molecule has 14 heteroatoms. The largest absolute Gasteiger partial charge is 0.478 e. The van der Waals surface area contributed by atoms with Crippen LogP contribution in [0.2, 0.25) is 0 Å². The van der Waals surface area contributed by atoms with Crippen molar-refractivity contribution in [3.63, 3.8) is 0 Å². The Morgan fingerprint density at radius 3 is 2.78 bits per heavy atom. The summed E-state index contributed by atoms with van der Waals surface area (Å²) in [5.74, 6) is -0.700. The molecule has 2 aliphatic rings. The van der Waals surface area contributed by atoms with Crippen LogP contribution in [-0.4, -0.2) is 99.9 Å². The Labute approximate surface area is 180 Å². The molecule has 14 nitrogen and oxygen atoms in total. The molecule has 0 amide bonds. The predicted octanol–water partition coefficient (Wildman–Crippen LogP) is -1.48. The standard InChI is InChI=1S/C18H21N7O7/c26-5-10-12(27)13(28)16(32-10)24-7-19-11-14(21-9-1-2-31-6-9)22-18(23-15(11)24)25-4-8(3-20-25)17(29)30/h3-4,7,9-10,12-13,16,26-28H,1-2,5-6H2,(H,29,30)(H,21,22,23)/t9-,10-,12-,13+,16-/m1/s1. The molecule has 2 aliphatic heterocycles. The molecule has 170 valence electrons. The first-order valence-corrected chi connectivity index (χ1v) is 9.96. The van der Waals surface area contributed by atoms with Gasteiger partial charge in [-0.25, -0.2) is 14.5 Å². The summed E-state index contributed by atoms with van der Waals surface area (Å²) in [6.07, 6.45) is -0.0217. The third-order valence-electron chi connectivity index (χ3n) is 5.51. The molecule has 0 saturated carbocycles. The number of carboxylic acid groups (broad SMARTS) is 1. The number of rotatable bonds is 6. The molecule has 5 rings (SSSR count). The van der Waals surface area contributed by atoms with Crippen molar-refractivity contribution in [1.82, 2.24) is 29.3 Å². The fraction of sp³-hybridized carbons (Fsp3) is 0.500. The summed E-state index contributed by atoms with van der Waals surface area (Å²) in [5.41, 5.74) is 0.604. The number of aliphatic hydroxyl groups excluding tert-OH is 3. The molecule has 3 aromatic rings. The van der Waals surface area contributed by atoms with Crippen LogP contribution in [-0.2, 0) is 9.47 Å². The molecule has 3 aromatic heterocycles. The highest BCUT2D eigenvalue weighted by Gasteiger charge is 2.44. The van der Waals surface area contributed by atoms with E-state index in [-0.39, 0.29) is 23.2 Å². The Bertz CT molecular complexity index is 1140. The normalized spacial score (nSPS) is 27.9. The number of ether oxygens (including phenoxy) is 2. The second-order valence-electron chi connectivity index (χ2n) is 7.61. The van der Waals surface area contributed by atoms with Crippen LogP contribution in [0.4, 0.5) is 5.82 Å². The maximum atomic E-state index is 11.2. The monoisotopic (exact) mass is 447 g/mol. The average Bonchev–Trinajstić information content (AvgIpc) is 3.56. The molecule has 0 aromatic carbocycles. The minimum Gasteiger partial charge on any atom is -0.478 e. The van der Waals surface area contributed by atoms with Crippen LogP contribution in [0.1, 0.15) is 23.0 Å². The van der Waals surface area contributed by atoms with E-state index in [0.29, 0.717) is 24.5 Å². The molecule has 0 aliphatic carbocycles. The lowest BCUT2D eigenvalue weighted by molar-refractivity contribution is -0.0511. The minimum atomic E-state index is -1.33. The third kappa shape index (κ3) is 3.47. The van der Waals surface area contributed by atoms with Gasteiger partial charge in [0, 0.05) is 12.8 Å². The van der Waals surface area contributed by atoms with Gasteiger partial charge in [0.05, 0.1) is 37.3 Å². The van der Waals surface area contributed by atoms with Crippen LogP contribution < -0.4 is 5.32 Å². The summed E-state index contributed by atoms with van der Waals surface area (Å²) in [5, 5.41) is 46.5. The van der Waals surface area contributed by atoms with Crippen LogP contribution in [0.25, 0.3) is 17.1 Å². The second kappa shape index (κ2) is 8.07. The quantitative estimate of drug-likeness (QED) is 0.295. The Balaban J connectivity index is 1.61. The lowest BCUT2D eigenvalue weighted by atomic mass is 10.1. The summed E-state index contributed by atoms with van der Waals surface area (Å²) in [6.45, 7) is 0.624. The van der Waals surface area contributed by atoms with E-state index in [9.17, 15) is 25.2 Å². The van der Waals surface area contributed by atoms with Gasteiger partial charge in [-0.1, -0.05) is 0 Å². The predicted molar refractivity (Wildman–Crippen MR) is 105 cm³/mol. The first-order chi connectivity index (χ1) is 15.5. The van der Waals surface area contributed by atoms with E-state index < -0.39 is 37.1 Å². The van der Waals surface area contributed by atoms with Gasteiger partial charge in [-0.3, -0.25) is 4.57 Å². The highest BCUT2D eigenvalue weighted by molar-refractivity contribution is 5.87. The molecule has 5 heterocycles. The molecule has 32 heavy (non-hydrogen) atoms. The minimum absolute atomic E-state index is 0.00721. The highest BCUT2D eigenvalue weighted by Crippen LogP contribution is 2.33. The molecule has 5 atom stereocenters.